The molecule has 0 fully saturated rings. The Morgan fingerprint density at radius 1 is 1.45 bits per heavy atom. The molecular weight excluding hydrogens is 258 g/mol. The van der Waals surface area contributed by atoms with E-state index >= 15 is 0 Å². The fourth-order valence-electron chi connectivity index (χ4n) is 1.64. The molecule has 1 atom stereocenters. The van der Waals surface area contributed by atoms with Gasteiger partial charge in [0, 0.05) is 18.7 Å². The molecule has 0 saturated heterocycles. The maximum absolute atomic E-state index is 11.6. The fourth-order valence-corrected chi connectivity index (χ4v) is 1.64. The van der Waals surface area contributed by atoms with Gasteiger partial charge in [-0.1, -0.05) is 18.2 Å². The van der Waals surface area contributed by atoms with Crippen LogP contribution < -0.4 is 10.6 Å². The van der Waals surface area contributed by atoms with Crippen molar-refractivity contribution in [2.45, 2.75) is 19.4 Å². The molecule has 2 N–H and O–H groups in total. The number of nitro benzene ring substituents is 1. The molecule has 0 aliphatic carbocycles. The van der Waals surface area contributed by atoms with Crippen molar-refractivity contribution >= 4 is 11.6 Å². The highest BCUT2D eigenvalue weighted by Gasteiger charge is 2.10. The molecule has 1 aromatic carbocycles. The lowest BCUT2D eigenvalue weighted by atomic mass is 10.1. The van der Waals surface area contributed by atoms with Crippen LogP contribution >= 0.6 is 0 Å². The second-order valence-electron chi connectivity index (χ2n) is 4.38. The van der Waals surface area contributed by atoms with Crippen LogP contribution in [0.25, 0.3) is 0 Å². The van der Waals surface area contributed by atoms with Crippen LogP contribution in [0.2, 0.25) is 0 Å². The maximum Gasteiger partial charge on any atom is 0.269 e. The molecule has 0 radical (unpaired) electrons. The van der Waals surface area contributed by atoms with Crippen LogP contribution in [0.15, 0.2) is 36.9 Å². The minimum absolute atomic E-state index is 0.0754. The van der Waals surface area contributed by atoms with E-state index in [9.17, 15) is 14.9 Å². The highest BCUT2D eigenvalue weighted by Crippen LogP contribution is 2.11. The van der Waals surface area contributed by atoms with Gasteiger partial charge in [-0.3, -0.25) is 14.9 Å². The smallest absolute Gasteiger partial charge is 0.269 e. The van der Waals surface area contributed by atoms with Crippen LogP contribution in [-0.4, -0.2) is 30.0 Å². The molecule has 0 aliphatic heterocycles. The van der Waals surface area contributed by atoms with Gasteiger partial charge in [0.1, 0.15) is 0 Å². The fraction of sp³-hybridized carbons (Fsp3) is 0.357. The van der Waals surface area contributed by atoms with Crippen molar-refractivity contribution in [1.82, 2.24) is 10.6 Å². The summed E-state index contributed by atoms with van der Waals surface area (Å²) in [6.45, 7) is 6.39. The summed E-state index contributed by atoms with van der Waals surface area (Å²) in [5.41, 5.74) is 1.07. The van der Waals surface area contributed by atoms with E-state index in [0.717, 1.165) is 5.56 Å². The number of benzene rings is 1. The normalized spacial score (nSPS) is 11.7. The average molecular weight is 277 g/mol. The summed E-state index contributed by atoms with van der Waals surface area (Å²) in [6, 6.07) is 6.13. The molecule has 1 aromatic rings. The van der Waals surface area contributed by atoms with Gasteiger partial charge in [0.2, 0.25) is 5.91 Å². The Morgan fingerprint density at radius 3 is 2.65 bits per heavy atom. The number of nitrogens with zero attached hydrogens (tertiary/aromatic N) is 1. The Labute approximate surface area is 118 Å². The van der Waals surface area contributed by atoms with Gasteiger partial charge in [-0.15, -0.1) is 6.58 Å². The molecule has 0 aliphatic rings. The van der Waals surface area contributed by atoms with Gasteiger partial charge in [-0.05, 0) is 25.5 Å². The maximum atomic E-state index is 11.6. The van der Waals surface area contributed by atoms with E-state index in [-0.39, 0.29) is 17.6 Å². The van der Waals surface area contributed by atoms with E-state index in [1.807, 2.05) is 0 Å². The minimum Gasteiger partial charge on any atom is -0.351 e. The number of non-ortho nitro benzene ring substituents is 1. The van der Waals surface area contributed by atoms with E-state index < -0.39 is 4.92 Å². The number of amides is 1. The molecular formula is C14H19N3O3. The van der Waals surface area contributed by atoms with Crippen molar-refractivity contribution in [3.05, 3.63) is 52.6 Å². The number of carbonyl (C=O) groups is 1. The quantitative estimate of drug-likeness (QED) is 0.427. The number of nitro groups is 1. The third kappa shape index (κ3) is 5.19. The molecule has 0 aromatic heterocycles. The lowest BCUT2D eigenvalue weighted by Crippen LogP contribution is -2.42. The van der Waals surface area contributed by atoms with Crippen LogP contribution in [0.3, 0.4) is 0 Å². The first-order chi connectivity index (χ1) is 9.54. The van der Waals surface area contributed by atoms with Gasteiger partial charge in [0.25, 0.3) is 5.69 Å². The number of carbonyl (C=O) groups excluding carboxylic acids is 1. The van der Waals surface area contributed by atoms with Crippen molar-refractivity contribution < 1.29 is 9.72 Å². The van der Waals surface area contributed by atoms with Gasteiger partial charge >= 0.3 is 0 Å². The highest BCUT2D eigenvalue weighted by molar-refractivity contribution is 5.81. The van der Waals surface area contributed by atoms with Crippen LogP contribution in [-0.2, 0) is 11.2 Å². The van der Waals surface area contributed by atoms with Crippen molar-refractivity contribution in [2.24, 2.45) is 0 Å². The first-order valence-electron chi connectivity index (χ1n) is 6.40. The molecule has 0 spiro atoms. The number of rotatable bonds is 8. The molecule has 6 heteroatoms. The largest absolute Gasteiger partial charge is 0.351 e. The monoisotopic (exact) mass is 277 g/mol. The number of hydrogen-bond donors (Lipinski definition) is 2. The van der Waals surface area contributed by atoms with E-state index in [4.69, 9.17) is 0 Å². The van der Waals surface area contributed by atoms with E-state index in [1.54, 1.807) is 25.1 Å². The van der Waals surface area contributed by atoms with Crippen LogP contribution in [0.4, 0.5) is 5.69 Å². The summed E-state index contributed by atoms with van der Waals surface area (Å²) in [4.78, 5) is 21.7. The molecule has 108 valence electrons. The van der Waals surface area contributed by atoms with Crippen molar-refractivity contribution in [3.8, 4) is 0 Å². The molecule has 0 saturated carbocycles. The van der Waals surface area contributed by atoms with E-state index in [2.05, 4.69) is 17.2 Å². The SMILES string of the molecule is C=CCNC(=O)C(C)NCCc1ccc([N+](=O)[O-])cc1. The van der Waals surface area contributed by atoms with Gasteiger partial charge in [-0.2, -0.15) is 0 Å². The second kappa shape index (κ2) is 8.06. The summed E-state index contributed by atoms with van der Waals surface area (Å²) in [7, 11) is 0. The van der Waals surface area contributed by atoms with Crippen LogP contribution in [0.1, 0.15) is 12.5 Å². The Hall–Kier alpha value is -2.21. The highest BCUT2D eigenvalue weighted by atomic mass is 16.6. The zero-order valence-electron chi connectivity index (χ0n) is 11.5. The lowest BCUT2D eigenvalue weighted by Gasteiger charge is -2.13. The summed E-state index contributed by atoms with van der Waals surface area (Å²) in [5.74, 6) is -0.0754. The number of hydrogen-bond acceptors (Lipinski definition) is 4. The van der Waals surface area contributed by atoms with Crippen LogP contribution in [0, 0.1) is 10.1 Å². The molecule has 0 bridgehead atoms. The minimum atomic E-state index is -0.423. The molecule has 0 heterocycles. The van der Waals surface area contributed by atoms with E-state index in [1.165, 1.54) is 12.1 Å². The second-order valence-corrected chi connectivity index (χ2v) is 4.38. The van der Waals surface area contributed by atoms with Crippen molar-refractivity contribution in [1.29, 1.82) is 0 Å². The van der Waals surface area contributed by atoms with Gasteiger partial charge in [-0.25, -0.2) is 0 Å². The van der Waals surface area contributed by atoms with Gasteiger partial charge in [0.05, 0.1) is 11.0 Å². The van der Waals surface area contributed by atoms with Crippen molar-refractivity contribution in [2.75, 3.05) is 13.1 Å². The Balaban J connectivity index is 2.34. The third-order valence-electron chi connectivity index (χ3n) is 2.83. The average Bonchev–Trinajstić information content (AvgIpc) is 2.45. The summed E-state index contributed by atoms with van der Waals surface area (Å²) < 4.78 is 0. The molecule has 1 amide bonds. The number of nitrogens with one attached hydrogen (secondary N) is 2. The molecule has 6 nitrogen and oxygen atoms in total. The summed E-state index contributed by atoms with van der Waals surface area (Å²) in [6.07, 6.45) is 2.33. The Bertz CT molecular complexity index is 471. The Kier molecular flexibility index (Phi) is 6.39. The summed E-state index contributed by atoms with van der Waals surface area (Å²) in [5, 5.41) is 16.3. The zero-order valence-corrected chi connectivity index (χ0v) is 11.5. The predicted molar refractivity (Wildman–Crippen MR) is 77.5 cm³/mol. The van der Waals surface area contributed by atoms with Gasteiger partial charge in [0.15, 0.2) is 0 Å². The predicted octanol–water partition coefficient (Wildman–Crippen LogP) is 1.42. The Morgan fingerprint density at radius 2 is 2.10 bits per heavy atom. The van der Waals surface area contributed by atoms with Crippen molar-refractivity contribution in [3.63, 3.8) is 0 Å². The standard InChI is InChI=1S/C14H19N3O3/c1-3-9-16-14(18)11(2)15-10-8-12-4-6-13(7-5-12)17(19)20/h3-7,11,15H,1,8-10H2,2H3,(H,16,18). The molecule has 1 unspecified atom stereocenters. The lowest BCUT2D eigenvalue weighted by molar-refractivity contribution is -0.384. The topological polar surface area (TPSA) is 84.3 Å². The molecule has 1 rings (SSSR count). The first kappa shape index (κ1) is 15.8. The van der Waals surface area contributed by atoms with Gasteiger partial charge < -0.3 is 10.6 Å². The zero-order chi connectivity index (χ0) is 15.0. The van der Waals surface area contributed by atoms with E-state index in [0.29, 0.717) is 19.5 Å². The summed E-state index contributed by atoms with van der Waals surface area (Å²) >= 11 is 0. The van der Waals surface area contributed by atoms with Crippen LogP contribution in [0.5, 0.6) is 0 Å². The first-order valence-corrected chi connectivity index (χ1v) is 6.40. The third-order valence-corrected chi connectivity index (χ3v) is 2.83. The molecule has 20 heavy (non-hydrogen) atoms.